The molecule has 5 nitrogen and oxygen atoms in total. The molecule has 144 valence electrons. The first-order valence-corrected chi connectivity index (χ1v) is 9.32. The van der Waals surface area contributed by atoms with Gasteiger partial charge in [0.05, 0.1) is 12.7 Å². The Labute approximate surface area is 160 Å². The van der Waals surface area contributed by atoms with Crippen molar-refractivity contribution in [2.45, 2.75) is 58.5 Å². The van der Waals surface area contributed by atoms with Crippen LogP contribution in [0.25, 0.3) is 0 Å². The molecule has 0 saturated carbocycles. The number of methoxy groups -OCH3 is 1. The van der Waals surface area contributed by atoms with Crippen LogP contribution in [0.3, 0.4) is 0 Å². The Morgan fingerprint density at radius 2 is 1.81 bits per heavy atom. The van der Waals surface area contributed by atoms with Crippen LogP contribution in [0.2, 0.25) is 0 Å². The van der Waals surface area contributed by atoms with Crippen molar-refractivity contribution in [1.29, 1.82) is 0 Å². The standard InChI is InChI=1S/C22H27NO4/c1-13-18(21(25)27-22(2,3)4)19(14-9-11-15(26-5)12-10-14)20-16(23-13)7-6-8-17(20)24/h9-12,19,23H,6-8H2,1-5H3/t19-/m0/s1. The van der Waals surface area contributed by atoms with E-state index in [1.165, 1.54) is 0 Å². The molecule has 0 fully saturated rings. The van der Waals surface area contributed by atoms with Crippen LogP contribution in [0.4, 0.5) is 0 Å². The van der Waals surface area contributed by atoms with Crippen molar-refractivity contribution in [3.8, 4) is 5.75 Å². The maximum Gasteiger partial charge on any atom is 0.337 e. The SMILES string of the molecule is COc1ccc([C@H]2C(C(=O)OC(C)(C)C)=C(C)NC3=C2C(=O)CCC3)cc1. The van der Waals surface area contributed by atoms with Gasteiger partial charge in [-0.25, -0.2) is 4.79 Å². The average molecular weight is 369 g/mol. The van der Waals surface area contributed by atoms with E-state index in [1.54, 1.807) is 7.11 Å². The molecule has 3 rings (SSSR count). The van der Waals surface area contributed by atoms with Gasteiger partial charge in [0.15, 0.2) is 5.78 Å². The molecule has 5 heteroatoms. The van der Waals surface area contributed by atoms with Gasteiger partial charge in [0.25, 0.3) is 0 Å². The van der Waals surface area contributed by atoms with Crippen LogP contribution in [0.1, 0.15) is 58.4 Å². The highest BCUT2D eigenvalue weighted by Crippen LogP contribution is 2.43. The van der Waals surface area contributed by atoms with Crippen molar-refractivity contribution < 1.29 is 19.1 Å². The fourth-order valence-corrected chi connectivity index (χ4v) is 3.72. The van der Waals surface area contributed by atoms with Crippen LogP contribution in [0.5, 0.6) is 5.75 Å². The van der Waals surface area contributed by atoms with Crippen LogP contribution < -0.4 is 10.1 Å². The summed E-state index contributed by atoms with van der Waals surface area (Å²) in [7, 11) is 1.61. The quantitative estimate of drug-likeness (QED) is 0.816. The van der Waals surface area contributed by atoms with Crippen molar-refractivity contribution in [3.05, 3.63) is 52.4 Å². The first kappa shape index (κ1) is 19.2. The summed E-state index contributed by atoms with van der Waals surface area (Å²) in [5.41, 5.74) is 3.15. The molecule has 0 amide bonds. The number of nitrogens with one attached hydrogen (secondary N) is 1. The number of Topliss-reactive ketones (excluding diaryl/α,β-unsaturated/α-hetero) is 1. The van der Waals surface area contributed by atoms with Crippen molar-refractivity contribution in [2.24, 2.45) is 0 Å². The van der Waals surface area contributed by atoms with Gasteiger partial charge >= 0.3 is 5.97 Å². The van der Waals surface area contributed by atoms with Gasteiger partial charge in [0.1, 0.15) is 11.4 Å². The third-order valence-corrected chi connectivity index (χ3v) is 4.84. The number of ketones is 1. The molecule has 0 saturated heterocycles. The van der Waals surface area contributed by atoms with E-state index >= 15 is 0 Å². The number of carbonyl (C=O) groups is 2. The second-order valence-corrected chi connectivity index (χ2v) is 8.04. The Morgan fingerprint density at radius 1 is 1.15 bits per heavy atom. The van der Waals surface area contributed by atoms with Gasteiger partial charge in [-0.15, -0.1) is 0 Å². The maximum absolute atomic E-state index is 13.0. The highest BCUT2D eigenvalue weighted by molar-refractivity contribution is 6.03. The second-order valence-electron chi connectivity index (χ2n) is 8.04. The van der Waals surface area contributed by atoms with E-state index in [4.69, 9.17) is 9.47 Å². The lowest BCUT2D eigenvalue weighted by Gasteiger charge is -2.35. The fraction of sp³-hybridized carbons (Fsp3) is 0.455. The minimum Gasteiger partial charge on any atom is -0.497 e. The third-order valence-electron chi connectivity index (χ3n) is 4.84. The lowest BCUT2D eigenvalue weighted by molar-refractivity contribution is -0.150. The zero-order valence-corrected chi connectivity index (χ0v) is 16.6. The molecule has 1 aliphatic carbocycles. The predicted octanol–water partition coefficient (Wildman–Crippen LogP) is 4.00. The molecule has 2 aliphatic rings. The fourth-order valence-electron chi connectivity index (χ4n) is 3.72. The summed E-state index contributed by atoms with van der Waals surface area (Å²) in [6.07, 6.45) is 2.15. The molecule has 1 aromatic carbocycles. The van der Waals surface area contributed by atoms with Crippen molar-refractivity contribution in [2.75, 3.05) is 7.11 Å². The van der Waals surface area contributed by atoms with E-state index in [9.17, 15) is 9.59 Å². The molecule has 1 N–H and O–H groups in total. The lowest BCUT2D eigenvalue weighted by atomic mass is 9.75. The van der Waals surface area contributed by atoms with Crippen molar-refractivity contribution in [1.82, 2.24) is 5.32 Å². The molecule has 0 aromatic heterocycles. The highest BCUT2D eigenvalue weighted by atomic mass is 16.6. The van der Waals surface area contributed by atoms with Gasteiger partial charge in [-0.05, 0) is 58.2 Å². The van der Waals surface area contributed by atoms with Crippen molar-refractivity contribution >= 4 is 11.8 Å². The summed E-state index contributed by atoms with van der Waals surface area (Å²) in [5, 5.41) is 3.30. The molecule has 0 unspecified atom stereocenters. The molecule has 0 spiro atoms. The van der Waals surface area contributed by atoms with E-state index in [-0.39, 0.29) is 5.78 Å². The Bertz CT molecular complexity index is 825. The molecule has 27 heavy (non-hydrogen) atoms. The van der Waals surface area contributed by atoms with Crippen LogP contribution >= 0.6 is 0 Å². The number of ether oxygens (including phenoxy) is 2. The summed E-state index contributed by atoms with van der Waals surface area (Å²) in [6, 6.07) is 7.54. The van der Waals surface area contributed by atoms with Gasteiger partial charge in [-0.2, -0.15) is 0 Å². The number of dihydropyridines is 1. The highest BCUT2D eigenvalue weighted by Gasteiger charge is 2.39. The Hall–Kier alpha value is -2.56. The number of benzene rings is 1. The van der Waals surface area contributed by atoms with Crippen LogP contribution in [0.15, 0.2) is 46.8 Å². The monoisotopic (exact) mass is 369 g/mol. The van der Waals surface area contributed by atoms with Gasteiger partial charge in [0.2, 0.25) is 0 Å². The summed E-state index contributed by atoms with van der Waals surface area (Å²) in [5.74, 6) is 0.0163. The van der Waals surface area contributed by atoms with E-state index in [1.807, 2.05) is 52.0 Å². The van der Waals surface area contributed by atoms with Gasteiger partial charge in [-0.1, -0.05) is 12.1 Å². The minimum absolute atomic E-state index is 0.0955. The van der Waals surface area contributed by atoms with Crippen LogP contribution in [-0.2, 0) is 14.3 Å². The summed E-state index contributed by atoms with van der Waals surface area (Å²) >= 11 is 0. The molecule has 1 atom stereocenters. The number of rotatable bonds is 3. The normalized spacial score (nSPS) is 20.2. The topological polar surface area (TPSA) is 64.6 Å². The van der Waals surface area contributed by atoms with E-state index < -0.39 is 17.5 Å². The molecule has 0 radical (unpaired) electrons. The summed E-state index contributed by atoms with van der Waals surface area (Å²) in [6.45, 7) is 7.40. The molecule has 1 heterocycles. The Kier molecular flexibility index (Phi) is 5.13. The molecule has 1 aromatic rings. The number of hydrogen-bond donors (Lipinski definition) is 1. The zero-order chi connectivity index (χ0) is 19.8. The average Bonchev–Trinajstić information content (AvgIpc) is 2.59. The number of esters is 1. The zero-order valence-electron chi connectivity index (χ0n) is 16.6. The number of allylic oxidation sites excluding steroid dienone is 3. The largest absolute Gasteiger partial charge is 0.497 e. The Balaban J connectivity index is 2.11. The van der Waals surface area contributed by atoms with Gasteiger partial charge in [0, 0.05) is 29.3 Å². The lowest BCUT2D eigenvalue weighted by Crippen LogP contribution is -2.36. The predicted molar refractivity (Wildman–Crippen MR) is 103 cm³/mol. The van der Waals surface area contributed by atoms with E-state index in [0.29, 0.717) is 17.6 Å². The number of hydrogen-bond acceptors (Lipinski definition) is 5. The number of carbonyl (C=O) groups excluding carboxylic acids is 2. The maximum atomic E-state index is 13.0. The smallest absolute Gasteiger partial charge is 0.337 e. The van der Waals surface area contributed by atoms with Crippen LogP contribution in [0, 0.1) is 0 Å². The van der Waals surface area contributed by atoms with E-state index in [2.05, 4.69) is 5.32 Å². The molecule has 0 bridgehead atoms. The van der Waals surface area contributed by atoms with E-state index in [0.717, 1.165) is 35.5 Å². The van der Waals surface area contributed by atoms with Crippen molar-refractivity contribution in [3.63, 3.8) is 0 Å². The summed E-state index contributed by atoms with van der Waals surface area (Å²) in [4.78, 5) is 25.8. The molecular formula is C22H27NO4. The third kappa shape index (κ3) is 3.92. The van der Waals surface area contributed by atoms with Gasteiger partial charge < -0.3 is 14.8 Å². The molecular weight excluding hydrogens is 342 g/mol. The van der Waals surface area contributed by atoms with Crippen LogP contribution in [-0.4, -0.2) is 24.5 Å². The first-order valence-electron chi connectivity index (χ1n) is 9.32. The van der Waals surface area contributed by atoms with Gasteiger partial charge in [-0.3, -0.25) is 4.79 Å². The molecule has 1 aliphatic heterocycles. The minimum atomic E-state index is -0.611. The summed E-state index contributed by atoms with van der Waals surface area (Å²) < 4.78 is 10.9. The Morgan fingerprint density at radius 3 is 2.41 bits per heavy atom. The first-order chi connectivity index (χ1) is 12.7. The second kappa shape index (κ2) is 7.22.